The molecule has 3 N–H and O–H groups in total. The van der Waals surface area contributed by atoms with E-state index in [-0.39, 0.29) is 18.3 Å². The standard InChI is InChI=1S/C9H18N4O2.ClH/c1-10-9(15)12-8(14)3-4-13(2)7-5-11-6-7;/h7,11H,3-6H2,1-2H3,(H2,10,12,14,15);1H. The van der Waals surface area contributed by atoms with Crippen molar-refractivity contribution < 1.29 is 9.59 Å². The Bertz CT molecular complexity index is 246. The molecule has 6 nitrogen and oxygen atoms in total. The van der Waals surface area contributed by atoms with Gasteiger partial charge >= 0.3 is 6.03 Å². The number of nitrogens with zero attached hydrogens (tertiary/aromatic N) is 1. The van der Waals surface area contributed by atoms with Crippen LogP contribution in [-0.2, 0) is 4.79 Å². The first kappa shape index (κ1) is 15.2. The Hall–Kier alpha value is -0.850. The predicted octanol–water partition coefficient (Wildman–Crippen LogP) is -0.842. The summed E-state index contributed by atoms with van der Waals surface area (Å²) in [5, 5.41) is 7.73. The second-order valence-electron chi connectivity index (χ2n) is 3.67. The van der Waals surface area contributed by atoms with Crippen molar-refractivity contribution in [1.29, 1.82) is 0 Å². The molecule has 1 aliphatic rings. The number of carbonyl (C=O) groups excluding carboxylic acids is 2. The second kappa shape index (κ2) is 7.43. The normalized spacial score (nSPS) is 14.9. The van der Waals surface area contributed by atoms with E-state index in [1.54, 1.807) is 0 Å². The van der Waals surface area contributed by atoms with Crippen LogP contribution in [0.25, 0.3) is 0 Å². The minimum absolute atomic E-state index is 0. The molecule has 0 unspecified atom stereocenters. The van der Waals surface area contributed by atoms with Crippen LogP contribution in [0.1, 0.15) is 6.42 Å². The number of urea groups is 1. The van der Waals surface area contributed by atoms with Crippen molar-refractivity contribution in [3.05, 3.63) is 0 Å². The number of halogens is 1. The van der Waals surface area contributed by atoms with E-state index in [4.69, 9.17) is 0 Å². The maximum atomic E-state index is 11.2. The fourth-order valence-corrected chi connectivity index (χ4v) is 1.30. The summed E-state index contributed by atoms with van der Waals surface area (Å²) in [4.78, 5) is 24.2. The van der Waals surface area contributed by atoms with Gasteiger partial charge in [0.05, 0.1) is 0 Å². The monoisotopic (exact) mass is 250 g/mol. The van der Waals surface area contributed by atoms with Crippen LogP contribution in [-0.4, -0.2) is 56.6 Å². The molecule has 0 aromatic rings. The molecular weight excluding hydrogens is 232 g/mol. The lowest BCUT2D eigenvalue weighted by Gasteiger charge is -2.35. The molecule has 16 heavy (non-hydrogen) atoms. The SMILES string of the molecule is CNC(=O)NC(=O)CCN(C)C1CNC1.Cl. The highest BCUT2D eigenvalue weighted by atomic mass is 35.5. The van der Waals surface area contributed by atoms with Crippen LogP contribution >= 0.6 is 12.4 Å². The van der Waals surface area contributed by atoms with Crippen LogP contribution in [0, 0.1) is 0 Å². The molecule has 1 saturated heterocycles. The molecule has 0 radical (unpaired) electrons. The van der Waals surface area contributed by atoms with Gasteiger partial charge in [-0.15, -0.1) is 12.4 Å². The highest BCUT2D eigenvalue weighted by Crippen LogP contribution is 2.02. The summed E-state index contributed by atoms with van der Waals surface area (Å²) in [5.41, 5.74) is 0. The first-order valence-electron chi connectivity index (χ1n) is 5.06. The average Bonchev–Trinajstić information content (AvgIpc) is 2.11. The van der Waals surface area contributed by atoms with Crippen molar-refractivity contribution in [3.8, 4) is 0 Å². The summed E-state index contributed by atoms with van der Waals surface area (Å²) >= 11 is 0. The summed E-state index contributed by atoms with van der Waals surface area (Å²) in [5.74, 6) is -0.242. The number of amides is 3. The van der Waals surface area contributed by atoms with Crippen LogP contribution < -0.4 is 16.0 Å². The molecule has 1 aliphatic heterocycles. The van der Waals surface area contributed by atoms with Gasteiger partial charge in [0, 0.05) is 39.1 Å². The first-order valence-corrected chi connectivity index (χ1v) is 5.06. The molecule has 94 valence electrons. The Morgan fingerprint density at radius 2 is 2.06 bits per heavy atom. The quantitative estimate of drug-likeness (QED) is 0.608. The molecule has 1 fully saturated rings. The van der Waals surface area contributed by atoms with Crippen LogP contribution in [0.4, 0.5) is 4.79 Å². The zero-order valence-electron chi connectivity index (χ0n) is 9.58. The molecule has 0 saturated carbocycles. The van der Waals surface area contributed by atoms with E-state index >= 15 is 0 Å². The Labute approximate surface area is 102 Å². The Kier molecular flexibility index (Phi) is 7.03. The Morgan fingerprint density at radius 3 is 2.50 bits per heavy atom. The molecule has 0 aromatic carbocycles. The molecule has 0 atom stereocenters. The zero-order valence-corrected chi connectivity index (χ0v) is 10.4. The highest BCUT2D eigenvalue weighted by molar-refractivity contribution is 5.94. The average molecular weight is 251 g/mol. The van der Waals surface area contributed by atoms with Crippen LogP contribution in [0.3, 0.4) is 0 Å². The number of imide groups is 1. The smallest absolute Gasteiger partial charge is 0.321 e. The van der Waals surface area contributed by atoms with Gasteiger partial charge in [-0.3, -0.25) is 10.1 Å². The molecule has 0 spiro atoms. The van der Waals surface area contributed by atoms with E-state index in [0.717, 1.165) is 13.1 Å². The van der Waals surface area contributed by atoms with E-state index in [1.165, 1.54) is 7.05 Å². The maximum Gasteiger partial charge on any atom is 0.321 e. The second-order valence-corrected chi connectivity index (χ2v) is 3.67. The largest absolute Gasteiger partial charge is 0.341 e. The minimum atomic E-state index is -0.451. The summed E-state index contributed by atoms with van der Waals surface area (Å²) in [6.07, 6.45) is 0.348. The van der Waals surface area contributed by atoms with Crippen molar-refractivity contribution in [3.63, 3.8) is 0 Å². The summed E-state index contributed by atoms with van der Waals surface area (Å²) in [7, 11) is 3.47. The summed E-state index contributed by atoms with van der Waals surface area (Å²) in [6.45, 7) is 2.64. The molecular formula is C9H19ClN4O2. The van der Waals surface area contributed by atoms with E-state index in [1.807, 2.05) is 7.05 Å². The lowest BCUT2D eigenvalue weighted by molar-refractivity contribution is -0.120. The number of carbonyl (C=O) groups is 2. The van der Waals surface area contributed by atoms with Crippen LogP contribution in [0.5, 0.6) is 0 Å². The third-order valence-corrected chi connectivity index (χ3v) is 2.55. The zero-order chi connectivity index (χ0) is 11.3. The van der Waals surface area contributed by atoms with Gasteiger partial charge in [-0.25, -0.2) is 4.79 Å². The summed E-state index contributed by atoms with van der Waals surface area (Å²) < 4.78 is 0. The van der Waals surface area contributed by atoms with Gasteiger partial charge in [0.1, 0.15) is 0 Å². The molecule has 0 aromatic heterocycles. The maximum absolute atomic E-state index is 11.2. The molecule has 0 bridgehead atoms. The van der Waals surface area contributed by atoms with E-state index in [2.05, 4.69) is 20.9 Å². The molecule has 0 aliphatic carbocycles. The fraction of sp³-hybridized carbons (Fsp3) is 0.778. The fourth-order valence-electron chi connectivity index (χ4n) is 1.30. The van der Waals surface area contributed by atoms with Crippen LogP contribution in [0.15, 0.2) is 0 Å². The number of hydrogen-bond donors (Lipinski definition) is 3. The van der Waals surface area contributed by atoms with E-state index < -0.39 is 6.03 Å². The van der Waals surface area contributed by atoms with Crippen molar-refractivity contribution in [1.82, 2.24) is 20.9 Å². The van der Waals surface area contributed by atoms with Gasteiger partial charge < -0.3 is 15.5 Å². The number of nitrogens with one attached hydrogen (secondary N) is 3. The lowest BCUT2D eigenvalue weighted by atomic mass is 10.1. The molecule has 7 heteroatoms. The Morgan fingerprint density at radius 1 is 1.44 bits per heavy atom. The number of hydrogen-bond acceptors (Lipinski definition) is 4. The highest BCUT2D eigenvalue weighted by Gasteiger charge is 2.21. The summed E-state index contributed by atoms with van der Waals surface area (Å²) in [6, 6.07) is 0.0748. The molecule has 3 amide bonds. The van der Waals surface area contributed by atoms with Crippen LogP contribution in [0.2, 0.25) is 0 Å². The van der Waals surface area contributed by atoms with Gasteiger partial charge in [-0.1, -0.05) is 0 Å². The van der Waals surface area contributed by atoms with E-state index in [0.29, 0.717) is 19.0 Å². The van der Waals surface area contributed by atoms with Crippen molar-refractivity contribution in [2.45, 2.75) is 12.5 Å². The topological polar surface area (TPSA) is 73.5 Å². The van der Waals surface area contributed by atoms with Crippen molar-refractivity contribution in [2.24, 2.45) is 0 Å². The van der Waals surface area contributed by atoms with Gasteiger partial charge in [-0.05, 0) is 7.05 Å². The number of rotatable bonds is 4. The first-order chi connectivity index (χ1) is 7.13. The molecule has 1 rings (SSSR count). The number of likely N-dealkylation sites (N-methyl/N-ethyl adjacent to an activating group) is 1. The van der Waals surface area contributed by atoms with Gasteiger partial charge in [0.15, 0.2) is 0 Å². The predicted molar refractivity (Wildman–Crippen MR) is 63.8 cm³/mol. The van der Waals surface area contributed by atoms with Gasteiger partial charge in [0.25, 0.3) is 0 Å². The third-order valence-electron chi connectivity index (χ3n) is 2.55. The third kappa shape index (κ3) is 4.78. The minimum Gasteiger partial charge on any atom is -0.341 e. The van der Waals surface area contributed by atoms with Crippen molar-refractivity contribution in [2.75, 3.05) is 33.7 Å². The molecule has 1 heterocycles. The van der Waals surface area contributed by atoms with Gasteiger partial charge in [-0.2, -0.15) is 0 Å². The lowest BCUT2D eigenvalue weighted by Crippen LogP contribution is -2.56. The van der Waals surface area contributed by atoms with E-state index in [9.17, 15) is 9.59 Å². The Balaban J connectivity index is 0.00000225. The van der Waals surface area contributed by atoms with Crippen molar-refractivity contribution >= 4 is 24.3 Å². The van der Waals surface area contributed by atoms with Gasteiger partial charge in [0.2, 0.25) is 5.91 Å².